The van der Waals surface area contributed by atoms with E-state index in [-0.39, 0.29) is 0 Å². The molecule has 5 rings (SSSR count). The molecule has 212 valence electrons. The second kappa shape index (κ2) is 13.2. The Balaban J connectivity index is 1.41. The third-order valence-corrected chi connectivity index (χ3v) is 8.62. The number of methoxy groups -OCH3 is 1. The summed E-state index contributed by atoms with van der Waals surface area (Å²) >= 11 is 0. The summed E-state index contributed by atoms with van der Waals surface area (Å²) in [5, 5.41) is 4.83. The molecule has 3 aliphatic rings. The van der Waals surface area contributed by atoms with Crippen molar-refractivity contribution in [2.24, 2.45) is 0 Å². The van der Waals surface area contributed by atoms with E-state index < -0.39 is 0 Å². The van der Waals surface area contributed by atoms with Crippen LogP contribution in [0.3, 0.4) is 0 Å². The van der Waals surface area contributed by atoms with Crippen molar-refractivity contribution in [2.75, 3.05) is 83.3 Å². The molecule has 1 aromatic carbocycles. The van der Waals surface area contributed by atoms with Crippen molar-refractivity contribution < 1.29 is 4.74 Å². The molecule has 8 nitrogen and oxygen atoms in total. The number of ether oxygens (including phenoxy) is 1. The Morgan fingerprint density at radius 1 is 0.974 bits per heavy atom. The standard InChI is InChI=1S/C31H47N7O/c1-24(2)37-16-11-26(12-17-37)32-30-27-23-29(39-4)25(10-6-9-15-36-13-7-5-8-14-36)22-28(27)33-31(34-30)38-20-18-35(3)19-21-38/h22-24,26H,5,7-9,11-21H2,1-4H3,(H,32,33,34). The second-order valence-electron chi connectivity index (χ2n) is 11.7. The van der Waals surface area contributed by atoms with Crippen molar-refractivity contribution in [1.82, 2.24) is 24.7 Å². The number of piperidine rings is 2. The summed E-state index contributed by atoms with van der Waals surface area (Å²) < 4.78 is 5.83. The molecule has 39 heavy (non-hydrogen) atoms. The van der Waals surface area contributed by atoms with Gasteiger partial charge in [0.25, 0.3) is 0 Å². The fourth-order valence-electron chi connectivity index (χ4n) is 5.98. The zero-order valence-corrected chi connectivity index (χ0v) is 24.5. The smallest absolute Gasteiger partial charge is 0.227 e. The average molecular weight is 534 g/mol. The molecule has 3 saturated heterocycles. The maximum Gasteiger partial charge on any atom is 0.227 e. The normalized spacial score (nSPS) is 20.3. The zero-order valence-electron chi connectivity index (χ0n) is 24.5. The molecule has 8 heteroatoms. The average Bonchev–Trinajstić information content (AvgIpc) is 2.96. The van der Waals surface area contributed by atoms with Gasteiger partial charge in [-0.05, 0) is 71.8 Å². The number of likely N-dealkylation sites (N-methyl/N-ethyl adjacent to an activating group) is 1. The van der Waals surface area contributed by atoms with Crippen molar-refractivity contribution >= 4 is 22.7 Å². The number of piperazine rings is 1. The lowest BCUT2D eigenvalue weighted by Gasteiger charge is -2.35. The highest BCUT2D eigenvalue weighted by Gasteiger charge is 2.24. The summed E-state index contributed by atoms with van der Waals surface area (Å²) in [7, 11) is 3.91. The van der Waals surface area contributed by atoms with Gasteiger partial charge >= 0.3 is 0 Å². The molecule has 0 bridgehead atoms. The number of aromatic nitrogens is 2. The molecule has 0 unspecified atom stereocenters. The molecule has 0 spiro atoms. The molecule has 1 N–H and O–H groups in total. The van der Waals surface area contributed by atoms with Crippen LogP contribution >= 0.6 is 0 Å². The minimum Gasteiger partial charge on any atom is -0.495 e. The monoisotopic (exact) mass is 533 g/mol. The maximum absolute atomic E-state index is 5.83. The van der Waals surface area contributed by atoms with Crippen LogP contribution in [0, 0.1) is 11.8 Å². The number of nitrogens with one attached hydrogen (secondary N) is 1. The quantitative estimate of drug-likeness (QED) is 0.538. The van der Waals surface area contributed by atoms with Crippen molar-refractivity contribution in [1.29, 1.82) is 0 Å². The van der Waals surface area contributed by atoms with E-state index in [1.807, 2.05) is 0 Å². The van der Waals surface area contributed by atoms with Gasteiger partial charge in [-0.15, -0.1) is 0 Å². The van der Waals surface area contributed by atoms with Gasteiger partial charge in [0.15, 0.2) is 0 Å². The van der Waals surface area contributed by atoms with Crippen LogP contribution in [-0.4, -0.2) is 110 Å². The van der Waals surface area contributed by atoms with Gasteiger partial charge in [0.1, 0.15) is 11.6 Å². The Bertz CT molecular complexity index is 1150. The topological polar surface area (TPSA) is 60.0 Å². The molecule has 0 saturated carbocycles. The molecule has 3 fully saturated rings. The zero-order chi connectivity index (χ0) is 27.2. The molecule has 0 atom stereocenters. The van der Waals surface area contributed by atoms with Crippen LogP contribution in [-0.2, 0) is 0 Å². The molecule has 1 aromatic heterocycles. The summed E-state index contributed by atoms with van der Waals surface area (Å²) in [6.45, 7) is 14.2. The lowest BCUT2D eigenvalue weighted by atomic mass is 10.0. The first-order valence-electron chi connectivity index (χ1n) is 15.0. The highest BCUT2D eigenvalue weighted by molar-refractivity contribution is 5.93. The van der Waals surface area contributed by atoms with Crippen LogP contribution in [0.1, 0.15) is 57.9 Å². The first-order valence-corrected chi connectivity index (χ1v) is 15.0. The first-order chi connectivity index (χ1) is 19.0. The SMILES string of the molecule is COc1cc2c(NC3CCN(C(C)C)CC3)nc(N3CCN(C)CC3)nc2cc1C#CCCN1CCCCC1. The Morgan fingerprint density at radius 3 is 2.41 bits per heavy atom. The van der Waals surface area contributed by atoms with Crippen LogP contribution in [0.4, 0.5) is 11.8 Å². The third kappa shape index (κ3) is 7.13. The fraction of sp³-hybridized carbons (Fsp3) is 0.677. The first kappa shape index (κ1) is 27.9. The molecule has 3 aliphatic heterocycles. The van der Waals surface area contributed by atoms with Gasteiger partial charge in [0, 0.05) is 69.7 Å². The van der Waals surface area contributed by atoms with E-state index in [4.69, 9.17) is 14.7 Å². The van der Waals surface area contributed by atoms with Crippen molar-refractivity contribution in [3.8, 4) is 17.6 Å². The van der Waals surface area contributed by atoms with E-state index in [1.165, 1.54) is 32.4 Å². The van der Waals surface area contributed by atoms with E-state index in [2.05, 4.69) is 69.8 Å². The number of fused-ring (bicyclic) bond motifs is 1. The number of hydrogen-bond acceptors (Lipinski definition) is 8. The maximum atomic E-state index is 5.83. The van der Waals surface area contributed by atoms with Gasteiger partial charge in [-0.25, -0.2) is 4.98 Å². The lowest BCUT2D eigenvalue weighted by molar-refractivity contribution is 0.177. The predicted octanol–water partition coefficient (Wildman–Crippen LogP) is 3.90. The summed E-state index contributed by atoms with van der Waals surface area (Å²) in [6, 6.07) is 5.19. The Morgan fingerprint density at radius 2 is 1.72 bits per heavy atom. The van der Waals surface area contributed by atoms with E-state index in [9.17, 15) is 0 Å². The van der Waals surface area contributed by atoms with Gasteiger partial charge in [0.2, 0.25) is 5.95 Å². The van der Waals surface area contributed by atoms with Gasteiger partial charge < -0.3 is 29.7 Å². The molecule has 0 radical (unpaired) electrons. The molecular formula is C31H47N7O. The van der Waals surface area contributed by atoms with E-state index in [1.54, 1.807) is 7.11 Å². The summed E-state index contributed by atoms with van der Waals surface area (Å²) in [4.78, 5) is 20.0. The van der Waals surface area contributed by atoms with Crippen LogP contribution in [0.25, 0.3) is 10.9 Å². The van der Waals surface area contributed by atoms with Gasteiger partial charge in [-0.2, -0.15) is 4.98 Å². The molecule has 2 aromatic rings. The van der Waals surface area contributed by atoms with Crippen molar-refractivity contribution in [2.45, 2.75) is 64.5 Å². The van der Waals surface area contributed by atoms with E-state index in [0.29, 0.717) is 12.1 Å². The number of likely N-dealkylation sites (tertiary alicyclic amines) is 2. The summed E-state index contributed by atoms with van der Waals surface area (Å²) in [5.74, 6) is 9.34. The number of rotatable bonds is 7. The van der Waals surface area contributed by atoms with Crippen LogP contribution in [0.5, 0.6) is 5.75 Å². The molecule has 0 aliphatic carbocycles. The largest absolute Gasteiger partial charge is 0.495 e. The molecule has 4 heterocycles. The van der Waals surface area contributed by atoms with Crippen LogP contribution in [0.15, 0.2) is 12.1 Å². The number of benzene rings is 1. The minimum atomic E-state index is 0.402. The second-order valence-corrected chi connectivity index (χ2v) is 11.7. The van der Waals surface area contributed by atoms with Crippen LogP contribution in [0.2, 0.25) is 0 Å². The number of hydrogen-bond donors (Lipinski definition) is 1. The van der Waals surface area contributed by atoms with Crippen molar-refractivity contribution in [3.63, 3.8) is 0 Å². The fourth-order valence-corrected chi connectivity index (χ4v) is 5.98. The Labute approximate surface area is 235 Å². The van der Waals surface area contributed by atoms with E-state index in [0.717, 1.165) is 99.1 Å². The van der Waals surface area contributed by atoms with Gasteiger partial charge in [-0.3, -0.25) is 0 Å². The Kier molecular flexibility index (Phi) is 9.44. The summed E-state index contributed by atoms with van der Waals surface area (Å²) in [5.41, 5.74) is 1.84. The van der Waals surface area contributed by atoms with Gasteiger partial charge in [-0.1, -0.05) is 18.3 Å². The molecular weight excluding hydrogens is 486 g/mol. The third-order valence-electron chi connectivity index (χ3n) is 8.62. The molecule has 0 amide bonds. The highest BCUT2D eigenvalue weighted by Crippen LogP contribution is 2.32. The minimum absolute atomic E-state index is 0.402. The Hall–Kier alpha value is -2.60. The van der Waals surface area contributed by atoms with Crippen LogP contribution < -0.4 is 15.0 Å². The number of nitrogens with zero attached hydrogens (tertiary/aromatic N) is 6. The van der Waals surface area contributed by atoms with Gasteiger partial charge in [0.05, 0.1) is 18.2 Å². The number of anilines is 2. The lowest BCUT2D eigenvalue weighted by Crippen LogP contribution is -2.45. The van der Waals surface area contributed by atoms with E-state index >= 15 is 0 Å². The predicted molar refractivity (Wildman–Crippen MR) is 161 cm³/mol. The van der Waals surface area contributed by atoms with Crippen molar-refractivity contribution in [3.05, 3.63) is 17.7 Å². The highest BCUT2D eigenvalue weighted by atomic mass is 16.5. The summed E-state index contributed by atoms with van der Waals surface area (Å²) in [6.07, 6.45) is 7.10.